The van der Waals surface area contributed by atoms with Crippen LogP contribution in [0.25, 0.3) is 10.2 Å². The van der Waals surface area contributed by atoms with Gasteiger partial charge in [0.2, 0.25) is 10.0 Å². The van der Waals surface area contributed by atoms with Crippen molar-refractivity contribution in [3.8, 4) is 0 Å². The number of hydrogen-bond acceptors (Lipinski definition) is 6. The predicted octanol–water partition coefficient (Wildman–Crippen LogP) is 3.34. The van der Waals surface area contributed by atoms with Crippen LogP contribution in [0.4, 0.5) is 0 Å². The molecule has 1 aliphatic heterocycles. The average molecular weight is 481 g/mol. The van der Waals surface area contributed by atoms with Crippen LogP contribution in [0.1, 0.15) is 18.4 Å². The Bertz CT molecular complexity index is 1290. The van der Waals surface area contributed by atoms with Gasteiger partial charge < -0.3 is 4.74 Å². The summed E-state index contributed by atoms with van der Waals surface area (Å²) in [7, 11) is -2.39. The second-order valence-corrected chi connectivity index (χ2v) is 10.7. The second kappa shape index (κ2) is 8.74. The Morgan fingerprint density at radius 1 is 1.19 bits per heavy atom. The van der Waals surface area contributed by atoms with E-state index in [9.17, 15) is 18.0 Å². The van der Waals surface area contributed by atoms with Gasteiger partial charge in [0.25, 0.3) is 0 Å². The van der Waals surface area contributed by atoms with Crippen molar-refractivity contribution < 1.29 is 17.9 Å². The molecular formula is C21H21ClN2O5S2. The molecule has 1 fully saturated rings. The van der Waals surface area contributed by atoms with E-state index in [1.165, 1.54) is 17.5 Å². The summed E-state index contributed by atoms with van der Waals surface area (Å²) in [4.78, 5) is 24.2. The van der Waals surface area contributed by atoms with Crippen molar-refractivity contribution in [2.75, 3.05) is 20.2 Å². The van der Waals surface area contributed by atoms with E-state index in [4.69, 9.17) is 16.3 Å². The number of hydrogen-bond donors (Lipinski definition) is 0. The molecular weight excluding hydrogens is 460 g/mol. The van der Waals surface area contributed by atoms with Gasteiger partial charge in [-0.05, 0) is 42.7 Å². The molecule has 4 rings (SSSR count). The van der Waals surface area contributed by atoms with Gasteiger partial charge in [-0.1, -0.05) is 41.1 Å². The number of piperidine rings is 1. The van der Waals surface area contributed by atoms with Gasteiger partial charge in [-0.3, -0.25) is 14.2 Å². The summed E-state index contributed by atoms with van der Waals surface area (Å²) >= 11 is 7.24. The molecule has 0 spiro atoms. The summed E-state index contributed by atoms with van der Waals surface area (Å²) in [6.45, 7) is 0.819. The molecule has 7 nitrogen and oxygen atoms in total. The maximum Gasteiger partial charge on any atom is 0.308 e. The molecule has 0 bridgehead atoms. The third kappa shape index (κ3) is 4.27. The number of fused-ring (bicyclic) bond motifs is 1. The lowest BCUT2D eigenvalue weighted by Gasteiger charge is -2.29. The Balaban J connectivity index is 1.61. The first-order chi connectivity index (χ1) is 14.8. The minimum Gasteiger partial charge on any atom is -0.469 e. The summed E-state index contributed by atoms with van der Waals surface area (Å²) in [5.74, 6) is -0.578. The lowest BCUT2D eigenvalue weighted by molar-refractivity contribution is -0.146. The molecule has 1 saturated heterocycles. The van der Waals surface area contributed by atoms with Gasteiger partial charge in [0, 0.05) is 18.1 Å². The van der Waals surface area contributed by atoms with E-state index in [0.29, 0.717) is 34.6 Å². The first-order valence-corrected chi connectivity index (χ1v) is 12.4. The van der Waals surface area contributed by atoms with Gasteiger partial charge >= 0.3 is 10.8 Å². The lowest BCUT2D eigenvalue weighted by atomic mass is 9.99. The lowest BCUT2D eigenvalue weighted by Crippen LogP contribution is -2.40. The zero-order chi connectivity index (χ0) is 22.2. The van der Waals surface area contributed by atoms with Crippen molar-refractivity contribution in [3.05, 3.63) is 62.7 Å². The zero-order valence-electron chi connectivity index (χ0n) is 16.8. The number of nitrogens with zero attached hydrogens (tertiary/aromatic N) is 2. The van der Waals surface area contributed by atoms with Crippen LogP contribution in [0.3, 0.4) is 0 Å². The number of esters is 1. The molecule has 0 amide bonds. The van der Waals surface area contributed by atoms with Gasteiger partial charge in [-0.2, -0.15) is 4.31 Å². The Morgan fingerprint density at radius 2 is 1.90 bits per heavy atom. The Hall–Kier alpha value is -2.20. The molecule has 0 N–H and O–H groups in total. The highest BCUT2D eigenvalue weighted by Gasteiger charge is 2.32. The van der Waals surface area contributed by atoms with Crippen LogP contribution in [0.5, 0.6) is 0 Å². The van der Waals surface area contributed by atoms with Crippen LogP contribution >= 0.6 is 22.9 Å². The van der Waals surface area contributed by atoms with E-state index in [2.05, 4.69) is 0 Å². The third-order valence-electron chi connectivity index (χ3n) is 5.55. The van der Waals surface area contributed by atoms with Gasteiger partial charge in [0.05, 0.1) is 34.7 Å². The van der Waals surface area contributed by atoms with Gasteiger partial charge in [-0.25, -0.2) is 8.42 Å². The Kier molecular flexibility index (Phi) is 6.20. The summed E-state index contributed by atoms with van der Waals surface area (Å²) in [6.07, 6.45) is 0.853. The molecule has 3 aromatic rings. The third-order valence-corrected chi connectivity index (χ3v) is 8.76. The normalized spacial score (nSPS) is 15.9. The van der Waals surface area contributed by atoms with Crippen molar-refractivity contribution in [3.63, 3.8) is 0 Å². The van der Waals surface area contributed by atoms with Crippen LogP contribution in [-0.4, -0.2) is 43.5 Å². The molecule has 0 atom stereocenters. The van der Waals surface area contributed by atoms with E-state index in [1.807, 2.05) is 18.2 Å². The maximum absolute atomic E-state index is 13.1. The number of thiazole rings is 1. The number of rotatable bonds is 5. The quantitative estimate of drug-likeness (QED) is 0.523. The molecule has 2 aromatic carbocycles. The van der Waals surface area contributed by atoms with Gasteiger partial charge in [0.15, 0.2) is 0 Å². The zero-order valence-corrected chi connectivity index (χ0v) is 19.2. The number of carbonyl (C=O) groups excluding carboxylic acids is 1. The standard InChI is InChI=1S/C21H21ClN2O5S2/c1-29-20(25)14-8-10-23(11-9-14)31(27,28)16-6-7-18-19(12-16)30-21(26)24(18)13-15-4-2-3-5-17(15)22/h2-7,12,14H,8-11,13H2,1H3. The van der Waals surface area contributed by atoms with Crippen LogP contribution in [0, 0.1) is 5.92 Å². The van der Waals surface area contributed by atoms with Gasteiger partial charge in [-0.15, -0.1) is 0 Å². The number of ether oxygens (including phenoxy) is 1. The summed E-state index contributed by atoms with van der Waals surface area (Å²) in [6, 6.07) is 12.0. The second-order valence-electron chi connectivity index (χ2n) is 7.38. The predicted molar refractivity (Wildman–Crippen MR) is 120 cm³/mol. The molecule has 2 heterocycles. The summed E-state index contributed by atoms with van der Waals surface area (Å²) in [5.41, 5.74) is 1.48. The number of methoxy groups -OCH3 is 1. The first-order valence-electron chi connectivity index (χ1n) is 9.76. The number of carbonyl (C=O) groups is 1. The molecule has 1 aliphatic rings. The van der Waals surface area contributed by atoms with Crippen LogP contribution < -0.4 is 4.87 Å². The van der Waals surface area contributed by atoms with Crippen molar-refractivity contribution in [2.24, 2.45) is 5.92 Å². The fraction of sp³-hybridized carbons (Fsp3) is 0.333. The Morgan fingerprint density at radius 3 is 2.58 bits per heavy atom. The molecule has 10 heteroatoms. The van der Waals surface area contributed by atoms with Crippen molar-refractivity contribution >= 4 is 49.1 Å². The summed E-state index contributed by atoms with van der Waals surface area (Å²) < 4.78 is 34.6. The van der Waals surface area contributed by atoms with Crippen molar-refractivity contribution in [2.45, 2.75) is 24.3 Å². The minimum atomic E-state index is -3.72. The molecule has 0 unspecified atom stereocenters. The maximum atomic E-state index is 13.1. The highest BCUT2D eigenvalue weighted by molar-refractivity contribution is 7.89. The van der Waals surface area contributed by atoms with E-state index >= 15 is 0 Å². The first kappa shape index (κ1) is 22.0. The fourth-order valence-corrected chi connectivity index (χ4v) is 6.50. The molecule has 31 heavy (non-hydrogen) atoms. The van der Waals surface area contributed by atoms with E-state index < -0.39 is 10.0 Å². The van der Waals surface area contributed by atoms with E-state index in [-0.39, 0.29) is 34.7 Å². The Labute approximate surface area is 188 Å². The monoisotopic (exact) mass is 480 g/mol. The van der Waals surface area contributed by atoms with Crippen LogP contribution in [-0.2, 0) is 26.1 Å². The molecule has 1 aromatic heterocycles. The largest absolute Gasteiger partial charge is 0.469 e. The number of sulfonamides is 1. The fourth-order valence-electron chi connectivity index (χ4n) is 3.80. The molecule has 0 aliphatic carbocycles. The van der Waals surface area contributed by atoms with E-state index in [1.54, 1.807) is 22.8 Å². The number of halogens is 1. The molecule has 0 saturated carbocycles. The number of benzene rings is 2. The topological polar surface area (TPSA) is 85.7 Å². The van der Waals surface area contributed by atoms with Gasteiger partial charge in [0.1, 0.15) is 0 Å². The highest BCUT2D eigenvalue weighted by Crippen LogP contribution is 2.28. The van der Waals surface area contributed by atoms with Crippen molar-refractivity contribution in [1.82, 2.24) is 8.87 Å². The van der Waals surface area contributed by atoms with Crippen LogP contribution in [0.2, 0.25) is 5.02 Å². The summed E-state index contributed by atoms with van der Waals surface area (Å²) in [5, 5.41) is 0.573. The number of aromatic nitrogens is 1. The van der Waals surface area contributed by atoms with Crippen molar-refractivity contribution in [1.29, 1.82) is 0 Å². The highest BCUT2D eigenvalue weighted by atomic mass is 35.5. The van der Waals surface area contributed by atoms with Crippen LogP contribution in [0.15, 0.2) is 52.2 Å². The minimum absolute atomic E-state index is 0.141. The molecule has 164 valence electrons. The smallest absolute Gasteiger partial charge is 0.308 e. The molecule has 0 radical (unpaired) electrons. The SMILES string of the molecule is COC(=O)C1CCN(S(=O)(=O)c2ccc3c(c2)sc(=O)n3Cc2ccccc2Cl)CC1. The average Bonchev–Trinajstić information content (AvgIpc) is 3.09. The van der Waals surface area contributed by atoms with E-state index in [0.717, 1.165) is 16.9 Å².